The van der Waals surface area contributed by atoms with Crippen molar-refractivity contribution < 1.29 is 4.42 Å². The van der Waals surface area contributed by atoms with Crippen LogP contribution in [0.3, 0.4) is 0 Å². The predicted molar refractivity (Wildman–Crippen MR) is 81.1 cm³/mol. The Hall–Kier alpha value is -2.33. The van der Waals surface area contributed by atoms with Gasteiger partial charge >= 0.3 is 0 Å². The molecule has 2 N–H and O–H groups in total. The van der Waals surface area contributed by atoms with Gasteiger partial charge in [0.05, 0.1) is 0 Å². The maximum Gasteiger partial charge on any atom is 0.192 e. The molecule has 0 aliphatic carbocycles. The van der Waals surface area contributed by atoms with E-state index in [0.717, 1.165) is 28.0 Å². The quantitative estimate of drug-likeness (QED) is 0.790. The molecule has 0 radical (unpaired) electrons. The fraction of sp³-hybridized carbons (Fsp3) is 0.188. The highest BCUT2D eigenvalue weighted by Crippen LogP contribution is 2.27. The van der Waals surface area contributed by atoms with Crippen LogP contribution < -0.4 is 10.6 Å². The summed E-state index contributed by atoms with van der Waals surface area (Å²) in [6, 6.07) is 14.2. The summed E-state index contributed by atoms with van der Waals surface area (Å²) in [5.41, 5.74) is 10.6. The van der Waals surface area contributed by atoms with Crippen LogP contribution in [-0.4, -0.2) is 12.0 Å². The van der Waals surface area contributed by atoms with Gasteiger partial charge in [-0.2, -0.15) is 0 Å². The molecule has 0 aliphatic heterocycles. The third kappa shape index (κ3) is 2.26. The van der Waals surface area contributed by atoms with Crippen molar-refractivity contribution in [1.29, 1.82) is 0 Å². The molecule has 20 heavy (non-hydrogen) atoms. The first kappa shape index (κ1) is 12.7. The van der Waals surface area contributed by atoms with Crippen LogP contribution in [0.1, 0.15) is 11.5 Å². The van der Waals surface area contributed by atoms with Crippen molar-refractivity contribution >= 4 is 22.5 Å². The standard InChI is InChI=1S/C16H17N3O/c1-11-18-15-9-14(7-8-16(15)20-11)19(2)13-5-3-12(10-17)4-6-13/h3-9H,10,17H2,1-2H3. The number of nitrogens with zero attached hydrogens (tertiary/aromatic N) is 2. The summed E-state index contributed by atoms with van der Waals surface area (Å²) < 4.78 is 5.50. The molecule has 0 aliphatic rings. The molecule has 0 unspecified atom stereocenters. The average Bonchev–Trinajstić information content (AvgIpc) is 2.85. The number of anilines is 2. The van der Waals surface area contributed by atoms with E-state index in [1.54, 1.807) is 0 Å². The van der Waals surface area contributed by atoms with Gasteiger partial charge in [-0.05, 0) is 35.9 Å². The number of hydrogen-bond acceptors (Lipinski definition) is 4. The fourth-order valence-corrected chi connectivity index (χ4v) is 2.24. The number of oxazole rings is 1. The maximum absolute atomic E-state index is 5.62. The summed E-state index contributed by atoms with van der Waals surface area (Å²) in [6.45, 7) is 2.42. The predicted octanol–water partition coefficient (Wildman–Crippen LogP) is 3.36. The van der Waals surface area contributed by atoms with Crippen LogP contribution in [0.4, 0.5) is 11.4 Å². The summed E-state index contributed by atoms with van der Waals surface area (Å²) in [7, 11) is 2.03. The normalized spacial score (nSPS) is 10.9. The maximum atomic E-state index is 5.62. The van der Waals surface area contributed by atoms with Gasteiger partial charge in [0.2, 0.25) is 0 Å². The van der Waals surface area contributed by atoms with Crippen molar-refractivity contribution in [3.63, 3.8) is 0 Å². The van der Waals surface area contributed by atoms with Gasteiger partial charge in [-0.1, -0.05) is 12.1 Å². The first-order chi connectivity index (χ1) is 9.67. The van der Waals surface area contributed by atoms with E-state index >= 15 is 0 Å². The Kier molecular flexibility index (Phi) is 3.16. The van der Waals surface area contributed by atoms with Crippen LogP contribution in [0.25, 0.3) is 11.1 Å². The van der Waals surface area contributed by atoms with Crippen LogP contribution in [-0.2, 0) is 6.54 Å². The van der Waals surface area contributed by atoms with Crippen molar-refractivity contribution in [2.45, 2.75) is 13.5 Å². The number of aryl methyl sites for hydroxylation is 1. The third-order valence-corrected chi connectivity index (χ3v) is 3.42. The summed E-state index contributed by atoms with van der Waals surface area (Å²) in [5, 5.41) is 0. The number of hydrogen-bond donors (Lipinski definition) is 1. The molecule has 1 aromatic heterocycles. The smallest absolute Gasteiger partial charge is 0.192 e. The highest BCUT2D eigenvalue weighted by Gasteiger charge is 2.08. The Balaban J connectivity index is 1.95. The Morgan fingerprint density at radius 3 is 2.50 bits per heavy atom. The van der Waals surface area contributed by atoms with Gasteiger partial charge in [0.1, 0.15) is 5.52 Å². The molecule has 4 nitrogen and oxygen atoms in total. The molecular weight excluding hydrogens is 250 g/mol. The van der Waals surface area contributed by atoms with Crippen LogP contribution in [0, 0.1) is 6.92 Å². The van der Waals surface area contributed by atoms with Gasteiger partial charge in [-0.3, -0.25) is 0 Å². The molecule has 0 amide bonds. The van der Waals surface area contributed by atoms with E-state index < -0.39 is 0 Å². The third-order valence-electron chi connectivity index (χ3n) is 3.42. The Bertz CT molecular complexity index is 731. The van der Waals surface area contributed by atoms with E-state index in [2.05, 4.69) is 22.0 Å². The summed E-state index contributed by atoms with van der Waals surface area (Å²) in [6.07, 6.45) is 0. The van der Waals surface area contributed by atoms with Crippen LogP contribution in [0.5, 0.6) is 0 Å². The van der Waals surface area contributed by atoms with E-state index in [4.69, 9.17) is 10.2 Å². The fourth-order valence-electron chi connectivity index (χ4n) is 2.24. The lowest BCUT2D eigenvalue weighted by atomic mass is 10.2. The van der Waals surface area contributed by atoms with Gasteiger partial charge in [0, 0.05) is 31.9 Å². The van der Waals surface area contributed by atoms with Crippen molar-refractivity contribution in [1.82, 2.24) is 4.98 Å². The Morgan fingerprint density at radius 2 is 1.80 bits per heavy atom. The lowest BCUT2D eigenvalue weighted by Gasteiger charge is -2.19. The molecule has 3 aromatic rings. The Morgan fingerprint density at radius 1 is 1.10 bits per heavy atom. The van der Waals surface area contributed by atoms with Gasteiger partial charge in [0.15, 0.2) is 11.5 Å². The highest BCUT2D eigenvalue weighted by molar-refractivity contribution is 5.79. The zero-order valence-electron chi connectivity index (χ0n) is 11.6. The minimum atomic E-state index is 0.564. The Labute approximate surface area is 117 Å². The van der Waals surface area contributed by atoms with Crippen LogP contribution in [0.2, 0.25) is 0 Å². The monoisotopic (exact) mass is 267 g/mol. The first-order valence-corrected chi connectivity index (χ1v) is 6.57. The topological polar surface area (TPSA) is 55.3 Å². The second-order valence-corrected chi connectivity index (χ2v) is 4.81. The van der Waals surface area contributed by atoms with Gasteiger partial charge in [-0.25, -0.2) is 4.98 Å². The van der Waals surface area contributed by atoms with Crippen LogP contribution in [0.15, 0.2) is 46.9 Å². The van der Waals surface area contributed by atoms with E-state index in [9.17, 15) is 0 Å². The summed E-state index contributed by atoms with van der Waals surface area (Å²) >= 11 is 0. The van der Waals surface area contributed by atoms with Gasteiger partial charge in [0.25, 0.3) is 0 Å². The number of nitrogens with two attached hydrogens (primary N) is 1. The van der Waals surface area contributed by atoms with Crippen molar-refractivity contribution in [3.8, 4) is 0 Å². The molecule has 0 fully saturated rings. The van der Waals surface area contributed by atoms with Crippen molar-refractivity contribution in [2.75, 3.05) is 11.9 Å². The molecule has 4 heteroatoms. The van der Waals surface area contributed by atoms with E-state index in [1.165, 1.54) is 0 Å². The highest BCUT2D eigenvalue weighted by atomic mass is 16.3. The molecule has 0 spiro atoms. The van der Waals surface area contributed by atoms with Gasteiger partial charge < -0.3 is 15.1 Å². The summed E-state index contributed by atoms with van der Waals surface area (Å²) in [5.74, 6) is 0.687. The average molecular weight is 267 g/mol. The first-order valence-electron chi connectivity index (χ1n) is 6.57. The molecular formula is C16H17N3O. The molecule has 102 valence electrons. The van der Waals surface area contributed by atoms with E-state index in [0.29, 0.717) is 12.4 Å². The lowest BCUT2D eigenvalue weighted by Crippen LogP contribution is -2.09. The molecule has 0 bridgehead atoms. The largest absolute Gasteiger partial charge is 0.441 e. The van der Waals surface area contributed by atoms with Crippen LogP contribution >= 0.6 is 0 Å². The molecule has 0 atom stereocenters. The SMILES string of the molecule is Cc1nc2cc(N(C)c3ccc(CN)cc3)ccc2o1. The second kappa shape index (κ2) is 4.98. The van der Waals surface area contributed by atoms with Crippen molar-refractivity contribution in [2.24, 2.45) is 5.73 Å². The molecule has 0 saturated carbocycles. The molecule has 0 saturated heterocycles. The lowest BCUT2D eigenvalue weighted by molar-refractivity contribution is 0.561. The molecule has 1 heterocycles. The summed E-state index contributed by atoms with van der Waals surface area (Å²) in [4.78, 5) is 6.48. The number of aromatic nitrogens is 1. The van der Waals surface area contributed by atoms with E-state index in [1.807, 2.05) is 44.3 Å². The minimum absolute atomic E-state index is 0.564. The number of benzene rings is 2. The number of fused-ring (bicyclic) bond motifs is 1. The van der Waals surface area contributed by atoms with Gasteiger partial charge in [-0.15, -0.1) is 0 Å². The number of rotatable bonds is 3. The van der Waals surface area contributed by atoms with Crippen molar-refractivity contribution in [3.05, 3.63) is 53.9 Å². The zero-order chi connectivity index (χ0) is 14.1. The van der Waals surface area contributed by atoms with E-state index in [-0.39, 0.29) is 0 Å². The molecule has 3 rings (SSSR count). The second-order valence-electron chi connectivity index (χ2n) is 4.81. The molecule has 2 aromatic carbocycles. The minimum Gasteiger partial charge on any atom is -0.441 e. The zero-order valence-corrected chi connectivity index (χ0v) is 11.6.